The van der Waals surface area contributed by atoms with Crippen LogP contribution < -0.4 is 0 Å². The first-order valence-electron chi connectivity index (χ1n) is 5.18. The number of esters is 1. The minimum Gasteiger partial charge on any atom is -0.459 e. The quantitative estimate of drug-likeness (QED) is 0.608. The zero-order valence-electron chi connectivity index (χ0n) is 9.86. The van der Waals surface area contributed by atoms with Crippen LogP contribution in [-0.2, 0) is 16.1 Å². The summed E-state index contributed by atoms with van der Waals surface area (Å²) in [5.74, 6) is -0.259. The van der Waals surface area contributed by atoms with E-state index in [4.69, 9.17) is 4.74 Å². The number of carbonyl (C=O) groups excluding carboxylic acids is 1. The number of hydrogen-bond acceptors (Lipinski definition) is 4. The van der Waals surface area contributed by atoms with E-state index >= 15 is 0 Å². The van der Waals surface area contributed by atoms with E-state index in [2.05, 4.69) is 27.7 Å². The minimum absolute atomic E-state index is 0.164. The average molecular weight is 364 g/mol. The summed E-state index contributed by atoms with van der Waals surface area (Å²) in [4.78, 5) is 11.7. The summed E-state index contributed by atoms with van der Waals surface area (Å²) in [5, 5.41) is 6.36. The second-order valence-electron chi connectivity index (χ2n) is 4.67. The Hall–Kier alpha value is -0.630. The normalized spacial score (nSPS) is 12.0. The molecule has 0 aliphatic rings. The molecule has 92 valence electrons. The van der Waals surface area contributed by atoms with Crippen LogP contribution in [-0.4, -0.2) is 21.4 Å². The van der Waals surface area contributed by atoms with Crippen molar-refractivity contribution < 1.29 is 9.53 Å². The Morgan fingerprint density at radius 1 is 1.59 bits per heavy atom. The predicted molar refractivity (Wildman–Crippen MR) is 76.2 cm³/mol. The number of ether oxygens (including phenoxy) is 1. The highest BCUT2D eigenvalue weighted by Crippen LogP contribution is 2.25. The molecule has 0 saturated heterocycles. The van der Waals surface area contributed by atoms with Crippen molar-refractivity contribution in [2.75, 3.05) is 0 Å². The van der Waals surface area contributed by atoms with E-state index in [1.807, 2.05) is 32.2 Å². The third kappa shape index (κ3) is 2.98. The van der Waals surface area contributed by atoms with Crippen molar-refractivity contribution in [3.8, 4) is 0 Å². The zero-order chi connectivity index (χ0) is 12.6. The first-order chi connectivity index (χ1) is 7.87. The van der Waals surface area contributed by atoms with Crippen molar-refractivity contribution >= 4 is 50.1 Å². The Bertz CT molecular complexity index is 553. The first-order valence-corrected chi connectivity index (χ1v) is 7.14. The van der Waals surface area contributed by atoms with E-state index in [9.17, 15) is 4.79 Å². The molecule has 0 unspecified atom stereocenters. The molecule has 2 rings (SSSR count). The van der Waals surface area contributed by atoms with Crippen LogP contribution in [0.1, 0.15) is 20.8 Å². The van der Waals surface area contributed by atoms with Crippen LogP contribution in [0, 0.1) is 3.70 Å². The van der Waals surface area contributed by atoms with E-state index in [0.29, 0.717) is 0 Å². The molecular formula is C11H13IN2O2S. The molecule has 0 saturated carbocycles. The highest BCUT2D eigenvalue weighted by molar-refractivity contribution is 14.1. The predicted octanol–water partition coefficient (Wildman–Crippen LogP) is 3.04. The maximum atomic E-state index is 11.7. The Kier molecular flexibility index (Phi) is 3.44. The largest absolute Gasteiger partial charge is 0.459 e. The molecule has 6 heteroatoms. The van der Waals surface area contributed by atoms with Gasteiger partial charge in [0.2, 0.25) is 0 Å². The Balaban J connectivity index is 2.16. The molecule has 4 nitrogen and oxygen atoms in total. The Morgan fingerprint density at radius 2 is 2.29 bits per heavy atom. The molecule has 0 N–H and O–H groups in total. The summed E-state index contributed by atoms with van der Waals surface area (Å²) in [5.41, 5.74) is 0.482. The van der Waals surface area contributed by atoms with E-state index < -0.39 is 5.60 Å². The number of rotatable bonds is 2. The van der Waals surface area contributed by atoms with Gasteiger partial charge in [0.15, 0.2) is 0 Å². The summed E-state index contributed by atoms with van der Waals surface area (Å²) in [6, 6.07) is 1.95. The van der Waals surface area contributed by atoms with E-state index in [0.717, 1.165) is 13.9 Å². The van der Waals surface area contributed by atoms with Gasteiger partial charge in [-0.1, -0.05) is 0 Å². The molecule has 2 heterocycles. The lowest BCUT2D eigenvalue weighted by atomic mass is 10.2. The molecule has 0 amide bonds. The Labute approximate surface area is 117 Å². The topological polar surface area (TPSA) is 44.1 Å². The Morgan fingerprint density at radius 3 is 2.88 bits per heavy atom. The van der Waals surface area contributed by atoms with E-state index in [1.165, 1.54) is 0 Å². The second kappa shape index (κ2) is 4.56. The number of halogens is 1. The molecule has 17 heavy (non-hydrogen) atoms. The van der Waals surface area contributed by atoms with Crippen molar-refractivity contribution in [3.05, 3.63) is 15.1 Å². The number of hydrogen-bond donors (Lipinski definition) is 0. The monoisotopic (exact) mass is 364 g/mol. The molecular weight excluding hydrogens is 351 g/mol. The van der Waals surface area contributed by atoms with E-state index in [-0.39, 0.29) is 12.5 Å². The van der Waals surface area contributed by atoms with E-state index in [1.54, 1.807) is 16.0 Å². The van der Waals surface area contributed by atoms with Gasteiger partial charge in [-0.3, -0.25) is 4.79 Å². The second-order valence-corrected chi connectivity index (χ2v) is 6.61. The lowest BCUT2D eigenvalue weighted by molar-refractivity contribution is -0.155. The maximum absolute atomic E-state index is 11.7. The molecule has 2 aromatic rings. The van der Waals surface area contributed by atoms with Gasteiger partial charge in [0.05, 0.1) is 4.70 Å². The third-order valence-corrected chi connectivity index (χ3v) is 4.36. The molecule has 0 aliphatic heterocycles. The number of fused-ring (bicyclic) bond motifs is 1. The van der Waals surface area contributed by atoms with Crippen molar-refractivity contribution in [2.45, 2.75) is 32.9 Å². The summed E-state index contributed by atoms with van der Waals surface area (Å²) in [6.07, 6.45) is 0. The van der Waals surface area contributed by atoms with Gasteiger partial charge in [0.1, 0.15) is 21.4 Å². The summed E-state index contributed by atoms with van der Waals surface area (Å²) < 4.78 is 9.06. The number of aromatic nitrogens is 2. The van der Waals surface area contributed by atoms with Crippen LogP contribution in [0.4, 0.5) is 0 Å². The molecule has 0 atom stereocenters. The lowest BCUT2D eigenvalue weighted by Gasteiger charge is -2.19. The number of thiophene rings is 1. The molecule has 0 aromatic carbocycles. The molecule has 0 fully saturated rings. The molecule has 2 aromatic heterocycles. The number of nitrogens with zero attached hydrogens (tertiary/aromatic N) is 2. The first kappa shape index (κ1) is 12.8. The third-order valence-electron chi connectivity index (χ3n) is 1.99. The van der Waals surface area contributed by atoms with Crippen molar-refractivity contribution in [1.82, 2.24) is 9.78 Å². The SMILES string of the molecule is CC(C)(C)OC(=O)Cn1nc2ccsc2c1I. The van der Waals surface area contributed by atoms with Crippen LogP contribution in [0.3, 0.4) is 0 Å². The van der Waals surface area contributed by atoms with Gasteiger partial charge in [-0.05, 0) is 54.8 Å². The molecule has 0 radical (unpaired) electrons. The molecule has 0 aliphatic carbocycles. The van der Waals surface area contributed by atoms with Gasteiger partial charge >= 0.3 is 5.97 Å². The summed E-state index contributed by atoms with van der Waals surface area (Å²) in [7, 11) is 0. The average Bonchev–Trinajstić information content (AvgIpc) is 2.69. The van der Waals surface area contributed by atoms with Gasteiger partial charge in [-0.15, -0.1) is 11.3 Å². The van der Waals surface area contributed by atoms with Crippen molar-refractivity contribution in [1.29, 1.82) is 0 Å². The van der Waals surface area contributed by atoms with Crippen LogP contribution in [0.2, 0.25) is 0 Å². The highest BCUT2D eigenvalue weighted by Gasteiger charge is 2.18. The fourth-order valence-corrected chi connectivity index (χ4v) is 3.13. The number of carbonyl (C=O) groups is 1. The smallest absolute Gasteiger partial charge is 0.328 e. The van der Waals surface area contributed by atoms with Gasteiger partial charge in [-0.2, -0.15) is 5.10 Å². The van der Waals surface area contributed by atoms with Crippen molar-refractivity contribution in [2.24, 2.45) is 0 Å². The summed E-state index contributed by atoms with van der Waals surface area (Å²) >= 11 is 3.84. The fraction of sp³-hybridized carbons (Fsp3) is 0.455. The van der Waals surface area contributed by atoms with Crippen LogP contribution >= 0.6 is 33.9 Å². The van der Waals surface area contributed by atoms with Gasteiger partial charge < -0.3 is 4.74 Å². The zero-order valence-corrected chi connectivity index (χ0v) is 12.8. The van der Waals surface area contributed by atoms with Gasteiger partial charge in [0.25, 0.3) is 0 Å². The highest BCUT2D eigenvalue weighted by atomic mass is 127. The van der Waals surface area contributed by atoms with Gasteiger partial charge in [0, 0.05) is 0 Å². The maximum Gasteiger partial charge on any atom is 0.328 e. The minimum atomic E-state index is -0.451. The standard InChI is InChI=1S/C11H13IN2O2S/c1-11(2,3)16-8(15)6-14-10(12)9-7(13-14)4-5-17-9/h4-5H,6H2,1-3H3. The van der Waals surface area contributed by atoms with Crippen LogP contribution in [0.25, 0.3) is 10.2 Å². The summed E-state index contributed by atoms with van der Waals surface area (Å²) in [6.45, 7) is 5.74. The lowest BCUT2D eigenvalue weighted by Crippen LogP contribution is -2.27. The van der Waals surface area contributed by atoms with Gasteiger partial charge in [-0.25, -0.2) is 4.68 Å². The molecule has 0 spiro atoms. The van der Waals surface area contributed by atoms with Crippen LogP contribution in [0.5, 0.6) is 0 Å². The van der Waals surface area contributed by atoms with Crippen LogP contribution in [0.15, 0.2) is 11.4 Å². The molecule has 0 bridgehead atoms. The fourth-order valence-electron chi connectivity index (χ4n) is 1.43. The van der Waals surface area contributed by atoms with Crippen molar-refractivity contribution in [3.63, 3.8) is 0 Å².